The van der Waals surface area contributed by atoms with E-state index < -0.39 is 5.60 Å². The number of carbonyl (C=O) groups excluding carboxylic acids is 1. The van der Waals surface area contributed by atoms with Gasteiger partial charge in [-0.1, -0.05) is 12.1 Å². The highest BCUT2D eigenvalue weighted by Crippen LogP contribution is 2.50. The fraction of sp³-hybridized carbons (Fsp3) is 0.600. The van der Waals surface area contributed by atoms with Gasteiger partial charge in [0, 0.05) is 6.42 Å². The Bertz CT molecular complexity index is 677. The number of hydrogen-bond acceptors (Lipinski definition) is 4. The first-order valence-corrected chi connectivity index (χ1v) is 8.70. The molecule has 0 amide bonds. The zero-order valence-corrected chi connectivity index (χ0v) is 14.7. The summed E-state index contributed by atoms with van der Waals surface area (Å²) in [6, 6.07) is 8.37. The molecule has 1 fully saturated rings. The molecule has 0 bridgehead atoms. The standard InChI is InChI=1S/C20H25NO3/c1-19(2,3)24-18(22)11-14-4-7-17-15(10-14)5-6-16(23-17)12-20(13-21)8-9-20/h4,7,10,16H,5-6,8-9,11-12H2,1-3H3/t16-/m0/s1. The second-order valence-electron chi connectivity index (χ2n) is 8.08. The minimum absolute atomic E-state index is 0.126. The molecule has 0 radical (unpaired) electrons. The van der Waals surface area contributed by atoms with Crippen LogP contribution in [0, 0.1) is 16.7 Å². The van der Waals surface area contributed by atoms with Crippen molar-refractivity contribution in [2.24, 2.45) is 5.41 Å². The monoisotopic (exact) mass is 327 g/mol. The maximum atomic E-state index is 12.0. The zero-order chi connectivity index (χ0) is 17.4. The molecule has 1 aromatic carbocycles. The van der Waals surface area contributed by atoms with Gasteiger partial charge in [0.1, 0.15) is 17.5 Å². The van der Waals surface area contributed by atoms with Gasteiger partial charge in [0.25, 0.3) is 0 Å². The number of carbonyl (C=O) groups is 1. The van der Waals surface area contributed by atoms with Gasteiger partial charge in [-0.05, 0) is 63.6 Å². The Morgan fingerprint density at radius 1 is 1.42 bits per heavy atom. The lowest BCUT2D eigenvalue weighted by molar-refractivity contribution is -0.153. The number of benzene rings is 1. The summed E-state index contributed by atoms with van der Waals surface area (Å²) in [5, 5.41) is 9.23. The summed E-state index contributed by atoms with van der Waals surface area (Å²) in [6.45, 7) is 5.62. The topological polar surface area (TPSA) is 59.3 Å². The zero-order valence-electron chi connectivity index (χ0n) is 14.7. The molecule has 1 aliphatic heterocycles. The van der Waals surface area contributed by atoms with E-state index in [-0.39, 0.29) is 23.9 Å². The van der Waals surface area contributed by atoms with Crippen molar-refractivity contribution < 1.29 is 14.3 Å². The summed E-state index contributed by atoms with van der Waals surface area (Å²) in [5.74, 6) is 0.690. The van der Waals surface area contributed by atoms with Crippen molar-refractivity contribution in [3.8, 4) is 11.8 Å². The lowest BCUT2D eigenvalue weighted by Crippen LogP contribution is -2.26. The van der Waals surface area contributed by atoms with Crippen LogP contribution in [0.25, 0.3) is 0 Å². The van der Waals surface area contributed by atoms with Crippen LogP contribution < -0.4 is 4.74 Å². The van der Waals surface area contributed by atoms with Gasteiger partial charge < -0.3 is 9.47 Å². The van der Waals surface area contributed by atoms with Gasteiger partial charge >= 0.3 is 5.97 Å². The third-order valence-corrected chi connectivity index (χ3v) is 4.63. The second-order valence-corrected chi connectivity index (χ2v) is 8.08. The molecule has 1 heterocycles. The number of nitrogens with zero attached hydrogens (tertiary/aromatic N) is 1. The Labute approximate surface area is 143 Å². The van der Waals surface area contributed by atoms with Gasteiger partial charge in [-0.25, -0.2) is 0 Å². The molecule has 2 aliphatic rings. The smallest absolute Gasteiger partial charge is 0.310 e. The highest BCUT2D eigenvalue weighted by Gasteiger charge is 2.45. The predicted molar refractivity (Wildman–Crippen MR) is 90.6 cm³/mol. The first-order chi connectivity index (χ1) is 11.3. The van der Waals surface area contributed by atoms with Crippen molar-refractivity contribution in [1.29, 1.82) is 5.26 Å². The maximum Gasteiger partial charge on any atom is 0.310 e. The average Bonchev–Trinajstić information content (AvgIpc) is 3.25. The van der Waals surface area contributed by atoms with Crippen LogP contribution in [0.2, 0.25) is 0 Å². The third kappa shape index (κ3) is 4.08. The van der Waals surface area contributed by atoms with E-state index >= 15 is 0 Å². The Kier molecular flexibility index (Phi) is 4.29. The van der Waals surface area contributed by atoms with Crippen molar-refractivity contribution in [2.45, 2.75) is 71.0 Å². The van der Waals surface area contributed by atoms with Gasteiger partial charge in [-0.3, -0.25) is 4.79 Å². The molecular weight excluding hydrogens is 302 g/mol. The number of esters is 1. The van der Waals surface area contributed by atoms with Crippen LogP contribution in [0.4, 0.5) is 0 Å². The minimum atomic E-state index is -0.457. The van der Waals surface area contributed by atoms with Crippen molar-refractivity contribution in [3.63, 3.8) is 0 Å². The molecule has 0 saturated heterocycles. The molecule has 24 heavy (non-hydrogen) atoms. The van der Waals surface area contributed by atoms with E-state index in [9.17, 15) is 10.1 Å². The molecule has 128 valence electrons. The molecule has 0 spiro atoms. The van der Waals surface area contributed by atoms with E-state index in [1.807, 2.05) is 39.0 Å². The van der Waals surface area contributed by atoms with Gasteiger partial charge in [0.15, 0.2) is 0 Å². The average molecular weight is 327 g/mol. The number of nitriles is 1. The number of ether oxygens (including phenoxy) is 2. The molecule has 0 unspecified atom stereocenters. The first-order valence-electron chi connectivity index (χ1n) is 8.70. The van der Waals surface area contributed by atoms with Crippen LogP contribution in [-0.2, 0) is 22.4 Å². The molecule has 1 atom stereocenters. The van der Waals surface area contributed by atoms with E-state index in [4.69, 9.17) is 9.47 Å². The summed E-state index contributed by atoms with van der Waals surface area (Å²) in [4.78, 5) is 12.0. The number of fused-ring (bicyclic) bond motifs is 1. The Morgan fingerprint density at radius 2 is 2.17 bits per heavy atom. The second kappa shape index (κ2) is 6.12. The fourth-order valence-electron chi connectivity index (χ4n) is 3.24. The van der Waals surface area contributed by atoms with Crippen LogP contribution >= 0.6 is 0 Å². The molecule has 3 rings (SSSR count). The van der Waals surface area contributed by atoms with E-state index in [1.165, 1.54) is 0 Å². The maximum absolute atomic E-state index is 12.0. The van der Waals surface area contributed by atoms with Crippen LogP contribution in [-0.4, -0.2) is 17.7 Å². The predicted octanol–water partition coefficient (Wildman–Crippen LogP) is 3.96. The number of rotatable bonds is 4. The van der Waals surface area contributed by atoms with Gasteiger partial charge in [0.2, 0.25) is 0 Å². The summed E-state index contributed by atoms with van der Waals surface area (Å²) in [5.41, 5.74) is 1.52. The molecular formula is C20H25NO3. The van der Waals surface area contributed by atoms with Crippen molar-refractivity contribution in [1.82, 2.24) is 0 Å². The number of hydrogen-bond donors (Lipinski definition) is 0. The van der Waals surface area contributed by atoms with Crippen LogP contribution in [0.15, 0.2) is 18.2 Å². The van der Waals surface area contributed by atoms with Crippen molar-refractivity contribution in [3.05, 3.63) is 29.3 Å². The van der Waals surface area contributed by atoms with Crippen LogP contribution in [0.3, 0.4) is 0 Å². The summed E-state index contributed by atoms with van der Waals surface area (Å²) in [7, 11) is 0. The Morgan fingerprint density at radius 3 is 2.79 bits per heavy atom. The molecule has 1 aromatic rings. The first kappa shape index (κ1) is 16.8. The quantitative estimate of drug-likeness (QED) is 0.785. The highest BCUT2D eigenvalue weighted by molar-refractivity contribution is 5.73. The molecule has 1 aliphatic carbocycles. The summed E-state index contributed by atoms with van der Waals surface area (Å²) < 4.78 is 11.5. The molecule has 4 nitrogen and oxygen atoms in total. The molecule has 1 saturated carbocycles. The normalized spacial score (nSPS) is 21.2. The van der Waals surface area contributed by atoms with Crippen molar-refractivity contribution in [2.75, 3.05) is 0 Å². The minimum Gasteiger partial charge on any atom is -0.490 e. The Balaban J connectivity index is 1.62. The SMILES string of the molecule is CC(C)(C)OC(=O)Cc1ccc2c(c1)CC[C@@H](CC1(C#N)CC1)O2. The molecule has 0 aromatic heterocycles. The van der Waals surface area contributed by atoms with Gasteiger partial charge in [-0.15, -0.1) is 0 Å². The molecule has 0 N–H and O–H groups in total. The summed E-state index contributed by atoms with van der Waals surface area (Å²) >= 11 is 0. The van der Waals surface area contributed by atoms with Crippen molar-refractivity contribution >= 4 is 5.97 Å². The highest BCUT2D eigenvalue weighted by atomic mass is 16.6. The van der Waals surface area contributed by atoms with E-state index in [1.54, 1.807) is 0 Å². The Hall–Kier alpha value is -2.02. The van der Waals surface area contributed by atoms with E-state index in [0.717, 1.165) is 49.0 Å². The van der Waals surface area contributed by atoms with E-state index in [0.29, 0.717) is 0 Å². The third-order valence-electron chi connectivity index (χ3n) is 4.63. The number of aryl methyl sites for hydroxylation is 1. The summed E-state index contributed by atoms with van der Waals surface area (Å²) in [6.07, 6.45) is 5.14. The van der Waals surface area contributed by atoms with Crippen LogP contribution in [0.5, 0.6) is 5.75 Å². The lowest BCUT2D eigenvalue weighted by Gasteiger charge is -2.28. The molecule has 4 heteroatoms. The largest absolute Gasteiger partial charge is 0.490 e. The van der Waals surface area contributed by atoms with Gasteiger partial charge in [0.05, 0.1) is 17.9 Å². The fourth-order valence-corrected chi connectivity index (χ4v) is 3.24. The lowest BCUT2D eigenvalue weighted by atomic mass is 9.92. The van der Waals surface area contributed by atoms with E-state index in [2.05, 4.69) is 6.07 Å². The van der Waals surface area contributed by atoms with Crippen LogP contribution in [0.1, 0.15) is 57.6 Å². The van der Waals surface area contributed by atoms with Gasteiger partial charge in [-0.2, -0.15) is 5.26 Å².